The largest absolute Gasteiger partial charge is 0.450 e. The monoisotopic (exact) mass is 434 g/mol. The molecule has 12 heteroatoms. The van der Waals surface area contributed by atoms with Gasteiger partial charge in [-0.25, -0.2) is 18.6 Å². The first kappa shape index (κ1) is 19.6. The molecule has 0 atom stereocenters. The molecule has 4 rings (SSSR count). The molecule has 2 amide bonds. The maximum Gasteiger partial charge on any atom is 0.450 e. The molecular weight excluding hydrogens is 422 g/mol. The van der Waals surface area contributed by atoms with Gasteiger partial charge >= 0.3 is 6.09 Å². The standard InChI is InChI=1S/C18H13ClF2N6O3/c1-26(2)17(28)13-15(20)14(19)12(10-7-22-24-16(10)13)8-3-4-27-9(5-8)6-11(25-27)23-18(29)30-21/h3-7H,1-2H3,(H,22,24)(H,23,25,29). The molecule has 0 aliphatic carbocycles. The number of aromatic amines is 1. The minimum absolute atomic E-state index is 0.0486. The molecular formula is C18H13ClF2N6O3. The maximum absolute atomic E-state index is 15.1. The number of anilines is 1. The number of fused-ring (bicyclic) bond motifs is 2. The summed E-state index contributed by atoms with van der Waals surface area (Å²) in [6, 6.07) is 4.72. The minimum atomic E-state index is -1.31. The van der Waals surface area contributed by atoms with Crippen LogP contribution in [0.1, 0.15) is 10.4 Å². The van der Waals surface area contributed by atoms with Crippen molar-refractivity contribution in [2.45, 2.75) is 0 Å². The SMILES string of the molecule is CN(C)C(=O)c1c(F)c(Cl)c(-c2ccn3nc(NC(=O)OF)cc3c2)c2cn[nH]c12. The summed E-state index contributed by atoms with van der Waals surface area (Å²) < 4.78 is 28.5. The third-order valence-corrected chi connectivity index (χ3v) is 4.82. The van der Waals surface area contributed by atoms with Crippen molar-refractivity contribution in [3.05, 3.63) is 47.0 Å². The molecule has 154 valence electrons. The van der Waals surface area contributed by atoms with Gasteiger partial charge < -0.3 is 4.90 Å². The summed E-state index contributed by atoms with van der Waals surface area (Å²) in [5.74, 6) is -1.38. The van der Waals surface area contributed by atoms with Crippen LogP contribution in [0.2, 0.25) is 5.02 Å². The van der Waals surface area contributed by atoms with Crippen LogP contribution in [0.25, 0.3) is 27.5 Å². The Morgan fingerprint density at radius 3 is 2.80 bits per heavy atom. The first-order chi connectivity index (χ1) is 14.3. The second-order valence-electron chi connectivity index (χ2n) is 6.54. The molecule has 0 spiro atoms. The number of aromatic nitrogens is 4. The molecule has 0 saturated carbocycles. The number of nitrogens with one attached hydrogen (secondary N) is 2. The highest BCUT2D eigenvalue weighted by molar-refractivity contribution is 6.36. The van der Waals surface area contributed by atoms with Gasteiger partial charge in [-0.1, -0.05) is 11.6 Å². The number of hydrogen-bond donors (Lipinski definition) is 2. The van der Waals surface area contributed by atoms with E-state index in [-0.39, 0.29) is 21.9 Å². The lowest BCUT2D eigenvalue weighted by atomic mass is 9.98. The summed E-state index contributed by atoms with van der Waals surface area (Å²) in [6.07, 6.45) is 1.69. The van der Waals surface area contributed by atoms with Gasteiger partial charge in [0.2, 0.25) is 0 Å². The van der Waals surface area contributed by atoms with Gasteiger partial charge in [-0.2, -0.15) is 5.10 Å². The number of carbonyl (C=O) groups is 2. The molecule has 0 bridgehead atoms. The van der Waals surface area contributed by atoms with Crippen LogP contribution in [0.15, 0.2) is 30.6 Å². The topological polar surface area (TPSA) is 105 Å². The summed E-state index contributed by atoms with van der Waals surface area (Å²) in [7, 11) is 3.01. The van der Waals surface area contributed by atoms with Crippen LogP contribution < -0.4 is 5.32 Å². The van der Waals surface area contributed by atoms with Crippen LogP contribution in [0, 0.1) is 5.82 Å². The first-order valence-electron chi connectivity index (χ1n) is 8.47. The molecule has 0 aliphatic rings. The zero-order chi connectivity index (χ0) is 21.6. The van der Waals surface area contributed by atoms with E-state index in [1.54, 1.807) is 18.3 Å². The van der Waals surface area contributed by atoms with Crippen molar-refractivity contribution < 1.29 is 23.4 Å². The number of pyridine rings is 1. The van der Waals surface area contributed by atoms with E-state index in [0.29, 0.717) is 22.0 Å². The van der Waals surface area contributed by atoms with Crippen LogP contribution >= 0.6 is 11.6 Å². The van der Waals surface area contributed by atoms with Crippen molar-refractivity contribution in [1.82, 2.24) is 24.7 Å². The fourth-order valence-electron chi connectivity index (χ4n) is 3.16. The zero-order valence-electron chi connectivity index (χ0n) is 15.5. The smallest absolute Gasteiger partial charge is 0.345 e. The summed E-state index contributed by atoms with van der Waals surface area (Å²) in [5.41, 5.74) is 1.36. The number of H-pyrrole nitrogens is 1. The summed E-state index contributed by atoms with van der Waals surface area (Å²) in [6.45, 7) is 0. The van der Waals surface area contributed by atoms with E-state index in [1.807, 2.05) is 0 Å². The number of amides is 2. The fraction of sp³-hybridized carbons (Fsp3) is 0.111. The summed E-state index contributed by atoms with van der Waals surface area (Å²) in [5, 5.41) is 13.0. The van der Waals surface area contributed by atoms with Gasteiger partial charge in [0.05, 0.1) is 22.3 Å². The Balaban J connectivity index is 1.89. The molecule has 4 aromatic rings. The molecule has 1 aromatic carbocycles. The second kappa shape index (κ2) is 7.26. The fourth-order valence-corrected chi connectivity index (χ4v) is 3.46. The lowest BCUT2D eigenvalue weighted by molar-refractivity contribution is -0.0544. The quantitative estimate of drug-likeness (QED) is 0.510. The van der Waals surface area contributed by atoms with Gasteiger partial charge in [0, 0.05) is 41.8 Å². The predicted octanol–water partition coefficient (Wildman–Crippen LogP) is 3.80. The van der Waals surface area contributed by atoms with E-state index in [1.165, 1.54) is 35.8 Å². The lowest BCUT2D eigenvalue weighted by Gasteiger charge is -2.15. The third-order valence-electron chi connectivity index (χ3n) is 4.46. The van der Waals surface area contributed by atoms with Crippen molar-refractivity contribution in [2.24, 2.45) is 0 Å². The Labute approximate surface area is 172 Å². The number of halogens is 3. The Kier molecular flexibility index (Phi) is 4.74. The van der Waals surface area contributed by atoms with E-state index >= 15 is 4.39 Å². The number of carbonyl (C=O) groups excluding carboxylic acids is 2. The van der Waals surface area contributed by atoms with E-state index in [9.17, 15) is 14.1 Å². The van der Waals surface area contributed by atoms with Gasteiger partial charge in [-0.3, -0.25) is 15.2 Å². The van der Waals surface area contributed by atoms with E-state index < -0.39 is 17.8 Å². The van der Waals surface area contributed by atoms with Gasteiger partial charge in [-0.05, 0) is 17.7 Å². The molecule has 3 aromatic heterocycles. The van der Waals surface area contributed by atoms with Crippen molar-refractivity contribution in [1.29, 1.82) is 0 Å². The summed E-state index contributed by atoms with van der Waals surface area (Å²) in [4.78, 5) is 27.8. The normalized spacial score (nSPS) is 11.1. The van der Waals surface area contributed by atoms with Crippen molar-refractivity contribution in [3.63, 3.8) is 0 Å². The maximum atomic E-state index is 15.1. The predicted molar refractivity (Wildman–Crippen MR) is 104 cm³/mol. The second-order valence-corrected chi connectivity index (χ2v) is 6.92. The lowest BCUT2D eigenvalue weighted by Crippen LogP contribution is -2.23. The zero-order valence-corrected chi connectivity index (χ0v) is 16.3. The Hall–Kier alpha value is -3.73. The number of rotatable bonds is 3. The number of hydrogen-bond acceptors (Lipinski definition) is 5. The van der Waals surface area contributed by atoms with Crippen molar-refractivity contribution >= 4 is 45.8 Å². The molecule has 0 fully saturated rings. The van der Waals surface area contributed by atoms with Crippen LogP contribution in [-0.4, -0.2) is 50.8 Å². The Bertz CT molecular complexity index is 1320. The average molecular weight is 435 g/mol. The molecule has 3 heterocycles. The molecule has 0 saturated heterocycles. The molecule has 0 aliphatic heterocycles. The van der Waals surface area contributed by atoms with E-state index in [0.717, 1.165) is 0 Å². The van der Waals surface area contributed by atoms with Gasteiger partial charge in [-0.15, -0.1) is 5.10 Å². The minimum Gasteiger partial charge on any atom is -0.345 e. The molecule has 0 radical (unpaired) electrons. The van der Waals surface area contributed by atoms with E-state index in [4.69, 9.17) is 11.6 Å². The average Bonchev–Trinajstić information content (AvgIpc) is 3.34. The number of nitrogens with zero attached hydrogens (tertiary/aromatic N) is 4. The van der Waals surface area contributed by atoms with Crippen LogP contribution in [0.4, 0.5) is 19.5 Å². The molecule has 0 unspecified atom stereocenters. The van der Waals surface area contributed by atoms with E-state index in [2.05, 4.69) is 25.6 Å². The van der Waals surface area contributed by atoms with Gasteiger partial charge in [0.1, 0.15) is 5.56 Å². The Morgan fingerprint density at radius 2 is 2.10 bits per heavy atom. The molecule has 30 heavy (non-hydrogen) atoms. The summed E-state index contributed by atoms with van der Waals surface area (Å²) >= 11 is 6.34. The van der Waals surface area contributed by atoms with Crippen LogP contribution in [0.5, 0.6) is 0 Å². The van der Waals surface area contributed by atoms with Gasteiger partial charge in [0.25, 0.3) is 5.91 Å². The molecule has 2 N–H and O–H groups in total. The van der Waals surface area contributed by atoms with Crippen molar-refractivity contribution in [2.75, 3.05) is 19.4 Å². The van der Waals surface area contributed by atoms with Crippen molar-refractivity contribution in [3.8, 4) is 11.1 Å². The molecule has 9 nitrogen and oxygen atoms in total. The highest BCUT2D eigenvalue weighted by Gasteiger charge is 2.26. The van der Waals surface area contributed by atoms with Crippen LogP contribution in [0.3, 0.4) is 0 Å². The number of benzene rings is 1. The van der Waals surface area contributed by atoms with Crippen LogP contribution in [-0.2, 0) is 4.94 Å². The highest BCUT2D eigenvalue weighted by atomic mass is 35.5. The van der Waals surface area contributed by atoms with Gasteiger partial charge in [0.15, 0.2) is 11.6 Å². The highest BCUT2D eigenvalue weighted by Crippen LogP contribution is 2.39. The third kappa shape index (κ3) is 3.08. The Morgan fingerprint density at radius 1 is 1.33 bits per heavy atom. The first-order valence-corrected chi connectivity index (χ1v) is 8.84.